The Hall–Kier alpha value is -0.690. The van der Waals surface area contributed by atoms with Gasteiger partial charge in [0.1, 0.15) is 18.3 Å². The Bertz CT molecular complexity index is 352. The molecule has 0 aromatic rings. The van der Waals surface area contributed by atoms with E-state index in [4.69, 9.17) is 9.47 Å². The first-order valence-corrected chi connectivity index (χ1v) is 7.46. The maximum atomic E-state index is 11.4. The van der Waals surface area contributed by atoms with Crippen molar-refractivity contribution in [1.29, 1.82) is 0 Å². The molecule has 0 bridgehead atoms. The van der Waals surface area contributed by atoms with Gasteiger partial charge in [-0.3, -0.25) is 4.79 Å². The molecule has 1 aliphatic rings. The third-order valence-electron chi connectivity index (χ3n) is 3.45. The third kappa shape index (κ3) is 4.92. The fourth-order valence-electron chi connectivity index (χ4n) is 2.66. The average Bonchev–Trinajstić information content (AvgIpc) is 2.32. The topological polar surface area (TPSA) is 88.0 Å². The van der Waals surface area contributed by atoms with Gasteiger partial charge in [-0.15, -0.1) is 0 Å². The SMILES string of the molecule is CC(=O)NC1C(O)C(OC(C)(C)C)C(CO)OC1C(C)C. The third-order valence-corrected chi connectivity index (χ3v) is 3.45. The van der Waals surface area contributed by atoms with Gasteiger partial charge in [0.15, 0.2) is 0 Å². The molecule has 1 amide bonds. The van der Waals surface area contributed by atoms with Crippen molar-refractivity contribution in [3.8, 4) is 0 Å². The first-order valence-electron chi connectivity index (χ1n) is 7.46. The molecule has 21 heavy (non-hydrogen) atoms. The van der Waals surface area contributed by atoms with Crippen LogP contribution in [0.1, 0.15) is 41.5 Å². The Labute approximate surface area is 126 Å². The molecule has 124 valence electrons. The average molecular weight is 303 g/mol. The van der Waals surface area contributed by atoms with Crippen molar-refractivity contribution in [2.75, 3.05) is 6.61 Å². The summed E-state index contributed by atoms with van der Waals surface area (Å²) in [6.07, 6.45) is -2.62. The first-order chi connectivity index (χ1) is 9.56. The van der Waals surface area contributed by atoms with E-state index >= 15 is 0 Å². The van der Waals surface area contributed by atoms with E-state index in [1.165, 1.54) is 6.92 Å². The summed E-state index contributed by atoms with van der Waals surface area (Å²) in [5.41, 5.74) is -0.492. The van der Waals surface area contributed by atoms with Crippen LogP contribution in [0.5, 0.6) is 0 Å². The molecule has 0 spiro atoms. The molecule has 0 aromatic carbocycles. The molecule has 0 aromatic heterocycles. The number of carbonyl (C=O) groups excluding carboxylic acids is 1. The molecule has 3 N–H and O–H groups in total. The summed E-state index contributed by atoms with van der Waals surface area (Å²) in [5, 5.41) is 22.9. The van der Waals surface area contributed by atoms with Crippen molar-refractivity contribution in [1.82, 2.24) is 5.32 Å². The summed E-state index contributed by atoms with van der Waals surface area (Å²) in [7, 11) is 0. The lowest BCUT2D eigenvalue weighted by Gasteiger charge is -2.47. The van der Waals surface area contributed by atoms with E-state index < -0.39 is 30.0 Å². The molecule has 1 saturated heterocycles. The molecule has 5 atom stereocenters. The first kappa shape index (κ1) is 18.4. The highest BCUT2D eigenvalue weighted by molar-refractivity contribution is 5.73. The number of nitrogens with one attached hydrogen (secondary N) is 1. The van der Waals surface area contributed by atoms with E-state index in [0.717, 1.165) is 0 Å². The summed E-state index contributed by atoms with van der Waals surface area (Å²) >= 11 is 0. The maximum Gasteiger partial charge on any atom is 0.217 e. The van der Waals surface area contributed by atoms with E-state index in [1.54, 1.807) is 0 Å². The summed E-state index contributed by atoms with van der Waals surface area (Å²) < 4.78 is 11.7. The van der Waals surface area contributed by atoms with E-state index in [0.29, 0.717) is 0 Å². The minimum absolute atomic E-state index is 0.0844. The van der Waals surface area contributed by atoms with Crippen LogP contribution < -0.4 is 5.32 Å². The highest BCUT2D eigenvalue weighted by atomic mass is 16.6. The van der Waals surface area contributed by atoms with Crippen LogP contribution in [0.25, 0.3) is 0 Å². The van der Waals surface area contributed by atoms with Crippen LogP contribution in [-0.4, -0.2) is 58.8 Å². The van der Waals surface area contributed by atoms with E-state index in [1.807, 2.05) is 34.6 Å². The van der Waals surface area contributed by atoms with Gasteiger partial charge in [-0.25, -0.2) is 0 Å². The van der Waals surface area contributed by atoms with Crippen LogP contribution in [-0.2, 0) is 14.3 Å². The van der Waals surface area contributed by atoms with E-state index in [-0.39, 0.29) is 24.5 Å². The molecule has 1 heterocycles. The summed E-state index contributed by atoms with van der Waals surface area (Å²) in [6, 6.07) is -0.558. The van der Waals surface area contributed by atoms with Crippen LogP contribution in [0.3, 0.4) is 0 Å². The Balaban J connectivity index is 3.01. The number of aliphatic hydroxyl groups is 2. The molecule has 0 saturated carbocycles. The maximum absolute atomic E-state index is 11.4. The zero-order valence-corrected chi connectivity index (χ0v) is 13.8. The molecular formula is C15H29NO5. The highest BCUT2D eigenvalue weighted by Gasteiger charge is 2.48. The standard InChI is InChI=1S/C15H29NO5/c1-8(2)13-11(16-9(3)18)12(19)14(10(7-17)20-13)21-15(4,5)6/h8,10-14,17,19H,7H2,1-6H3,(H,16,18). The summed E-state index contributed by atoms with van der Waals surface area (Å²) in [4.78, 5) is 11.4. The summed E-state index contributed by atoms with van der Waals surface area (Å²) in [6.45, 7) is 10.7. The monoisotopic (exact) mass is 303 g/mol. The van der Waals surface area contributed by atoms with Crippen molar-refractivity contribution in [3.63, 3.8) is 0 Å². The van der Waals surface area contributed by atoms with Crippen molar-refractivity contribution in [2.45, 2.75) is 77.6 Å². The number of hydrogen-bond donors (Lipinski definition) is 3. The molecule has 1 aliphatic heterocycles. The Morgan fingerprint density at radius 1 is 1.38 bits per heavy atom. The van der Waals surface area contributed by atoms with Gasteiger partial charge < -0.3 is 25.0 Å². The number of amides is 1. The Morgan fingerprint density at radius 2 is 1.95 bits per heavy atom. The number of rotatable bonds is 4. The lowest BCUT2D eigenvalue weighted by molar-refractivity contribution is -0.241. The van der Waals surface area contributed by atoms with Gasteiger partial charge >= 0.3 is 0 Å². The molecule has 1 rings (SSSR count). The predicted octanol–water partition coefficient (Wildman–Crippen LogP) is 0.451. The largest absolute Gasteiger partial charge is 0.394 e. The normalized spacial score (nSPS) is 34.0. The number of carbonyl (C=O) groups is 1. The smallest absolute Gasteiger partial charge is 0.217 e. The molecule has 0 aliphatic carbocycles. The lowest BCUT2D eigenvalue weighted by atomic mass is 9.87. The van der Waals surface area contributed by atoms with Crippen LogP contribution in [0.4, 0.5) is 0 Å². The van der Waals surface area contributed by atoms with Gasteiger partial charge in [0.05, 0.1) is 24.4 Å². The zero-order valence-electron chi connectivity index (χ0n) is 13.8. The molecule has 6 nitrogen and oxygen atoms in total. The van der Waals surface area contributed by atoms with Crippen LogP contribution in [0, 0.1) is 5.92 Å². The molecule has 6 heteroatoms. The number of hydrogen-bond acceptors (Lipinski definition) is 5. The number of ether oxygens (including phenoxy) is 2. The Kier molecular flexibility index (Phi) is 6.16. The molecular weight excluding hydrogens is 274 g/mol. The summed E-state index contributed by atoms with van der Waals surface area (Å²) in [5.74, 6) is -0.147. The van der Waals surface area contributed by atoms with Crippen molar-refractivity contribution in [2.24, 2.45) is 5.92 Å². The van der Waals surface area contributed by atoms with Gasteiger partial charge in [0, 0.05) is 6.92 Å². The van der Waals surface area contributed by atoms with Crippen molar-refractivity contribution < 1.29 is 24.5 Å². The molecule has 0 radical (unpaired) electrons. The van der Waals surface area contributed by atoms with Crippen LogP contribution in [0.2, 0.25) is 0 Å². The van der Waals surface area contributed by atoms with Crippen LogP contribution >= 0.6 is 0 Å². The van der Waals surface area contributed by atoms with Gasteiger partial charge in [0.25, 0.3) is 0 Å². The van der Waals surface area contributed by atoms with Gasteiger partial charge in [-0.2, -0.15) is 0 Å². The second-order valence-electron chi connectivity index (χ2n) is 6.98. The molecule has 1 fully saturated rings. The predicted molar refractivity (Wildman–Crippen MR) is 78.8 cm³/mol. The number of aliphatic hydroxyl groups excluding tert-OH is 2. The fraction of sp³-hybridized carbons (Fsp3) is 0.933. The van der Waals surface area contributed by atoms with E-state index in [2.05, 4.69) is 5.32 Å². The fourth-order valence-corrected chi connectivity index (χ4v) is 2.66. The van der Waals surface area contributed by atoms with Gasteiger partial charge in [-0.05, 0) is 26.7 Å². The second-order valence-corrected chi connectivity index (χ2v) is 6.98. The van der Waals surface area contributed by atoms with Gasteiger partial charge in [-0.1, -0.05) is 13.8 Å². The quantitative estimate of drug-likeness (QED) is 0.702. The Morgan fingerprint density at radius 3 is 2.33 bits per heavy atom. The minimum atomic E-state index is -0.938. The molecule has 5 unspecified atom stereocenters. The van der Waals surface area contributed by atoms with Crippen LogP contribution in [0.15, 0.2) is 0 Å². The highest BCUT2D eigenvalue weighted by Crippen LogP contribution is 2.30. The lowest BCUT2D eigenvalue weighted by Crippen LogP contribution is -2.66. The van der Waals surface area contributed by atoms with Crippen molar-refractivity contribution in [3.05, 3.63) is 0 Å². The van der Waals surface area contributed by atoms with E-state index in [9.17, 15) is 15.0 Å². The second kappa shape index (κ2) is 7.05. The van der Waals surface area contributed by atoms with Gasteiger partial charge in [0.2, 0.25) is 5.91 Å². The zero-order chi connectivity index (χ0) is 16.4. The minimum Gasteiger partial charge on any atom is -0.394 e. The van der Waals surface area contributed by atoms with Crippen molar-refractivity contribution >= 4 is 5.91 Å².